The Morgan fingerprint density at radius 3 is 2.96 bits per heavy atom. The Balaban J connectivity index is 1.53. The van der Waals surface area contributed by atoms with E-state index in [4.69, 9.17) is 9.15 Å². The molecule has 0 fully saturated rings. The summed E-state index contributed by atoms with van der Waals surface area (Å²) in [7, 11) is 1.79. The molecule has 1 aliphatic rings. The minimum atomic E-state index is 0.230. The third-order valence-corrected chi connectivity index (χ3v) is 4.17. The van der Waals surface area contributed by atoms with Crippen LogP contribution in [-0.2, 0) is 6.42 Å². The van der Waals surface area contributed by atoms with Gasteiger partial charge in [0.1, 0.15) is 11.5 Å². The first-order valence-corrected chi connectivity index (χ1v) is 7.99. The van der Waals surface area contributed by atoms with E-state index >= 15 is 0 Å². The molecule has 0 amide bonds. The predicted molar refractivity (Wildman–Crippen MR) is 91.0 cm³/mol. The number of nitrogens with one attached hydrogen (secondary N) is 2. The molecule has 23 heavy (non-hydrogen) atoms. The number of rotatable bonds is 5. The van der Waals surface area contributed by atoms with Crippen molar-refractivity contribution in [3.05, 3.63) is 54.0 Å². The van der Waals surface area contributed by atoms with Crippen LogP contribution in [0.25, 0.3) is 0 Å². The van der Waals surface area contributed by atoms with Crippen LogP contribution in [0.2, 0.25) is 0 Å². The van der Waals surface area contributed by atoms with Gasteiger partial charge in [-0.15, -0.1) is 0 Å². The molecule has 2 atom stereocenters. The summed E-state index contributed by atoms with van der Waals surface area (Å²) in [5.41, 5.74) is 1.26. The molecule has 3 rings (SSSR count). The molecule has 1 aromatic carbocycles. The van der Waals surface area contributed by atoms with Crippen LogP contribution in [-0.4, -0.2) is 32.2 Å². The number of hydrogen-bond donors (Lipinski definition) is 2. The van der Waals surface area contributed by atoms with E-state index in [1.807, 2.05) is 24.3 Å². The van der Waals surface area contributed by atoms with E-state index < -0.39 is 0 Å². The Hall–Kier alpha value is -2.43. The highest BCUT2D eigenvalue weighted by atomic mass is 16.5. The van der Waals surface area contributed by atoms with Gasteiger partial charge in [0, 0.05) is 37.5 Å². The van der Waals surface area contributed by atoms with Crippen LogP contribution >= 0.6 is 0 Å². The molecule has 2 unspecified atom stereocenters. The normalized spacial score (nSPS) is 18.2. The lowest BCUT2D eigenvalue weighted by Crippen LogP contribution is -2.45. The summed E-state index contributed by atoms with van der Waals surface area (Å²) in [6.45, 7) is 3.64. The van der Waals surface area contributed by atoms with Crippen molar-refractivity contribution < 1.29 is 9.15 Å². The maximum atomic E-state index is 5.76. The molecule has 5 heteroatoms. The number of hydrogen-bond acceptors (Lipinski definition) is 3. The zero-order valence-electron chi connectivity index (χ0n) is 13.6. The monoisotopic (exact) mass is 313 g/mol. The lowest BCUT2D eigenvalue weighted by molar-refractivity contribution is 0.312. The second-order valence-corrected chi connectivity index (χ2v) is 5.72. The number of guanidine groups is 1. The van der Waals surface area contributed by atoms with Gasteiger partial charge in [-0.05, 0) is 25.1 Å². The first-order chi connectivity index (χ1) is 11.3. The van der Waals surface area contributed by atoms with Crippen molar-refractivity contribution >= 4 is 5.96 Å². The predicted octanol–water partition coefficient (Wildman–Crippen LogP) is 2.55. The largest absolute Gasteiger partial charge is 0.493 e. The average Bonchev–Trinajstić information content (AvgIpc) is 3.23. The van der Waals surface area contributed by atoms with Crippen LogP contribution in [0, 0.1) is 0 Å². The zero-order valence-corrected chi connectivity index (χ0v) is 13.6. The SMILES string of the molecule is CN=C(NCCc1ccco1)NC(C)C1COc2ccccc21. The lowest BCUT2D eigenvalue weighted by atomic mass is 9.94. The van der Waals surface area contributed by atoms with E-state index in [-0.39, 0.29) is 6.04 Å². The standard InChI is InChI=1S/C18H23N3O2/c1-13(16-12-23-17-8-4-3-7-15(16)17)21-18(19-2)20-10-9-14-6-5-11-22-14/h3-8,11,13,16H,9-10,12H2,1-2H3,(H2,19,20,21). The van der Waals surface area contributed by atoms with Gasteiger partial charge in [-0.2, -0.15) is 0 Å². The molecule has 0 aliphatic carbocycles. The minimum Gasteiger partial charge on any atom is -0.493 e. The molecule has 5 nitrogen and oxygen atoms in total. The molecule has 0 bridgehead atoms. The summed E-state index contributed by atoms with van der Waals surface area (Å²) in [5.74, 6) is 3.09. The number of fused-ring (bicyclic) bond motifs is 1. The third kappa shape index (κ3) is 3.67. The van der Waals surface area contributed by atoms with Gasteiger partial charge in [0.2, 0.25) is 0 Å². The van der Waals surface area contributed by atoms with Gasteiger partial charge < -0.3 is 19.8 Å². The van der Waals surface area contributed by atoms with Gasteiger partial charge in [0.05, 0.1) is 12.9 Å². The van der Waals surface area contributed by atoms with E-state index in [0.29, 0.717) is 12.5 Å². The van der Waals surface area contributed by atoms with Crippen LogP contribution in [0.15, 0.2) is 52.1 Å². The van der Waals surface area contributed by atoms with Gasteiger partial charge in [-0.1, -0.05) is 18.2 Å². The molecule has 2 N–H and O–H groups in total. The molecular weight excluding hydrogens is 290 g/mol. The highest BCUT2D eigenvalue weighted by Crippen LogP contribution is 2.35. The number of benzene rings is 1. The fourth-order valence-corrected chi connectivity index (χ4v) is 2.87. The molecule has 0 saturated carbocycles. The van der Waals surface area contributed by atoms with E-state index in [1.165, 1.54) is 5.56 Å². The topological polar surface area (TPSA) is 58.8 Å². The van der Waals surface area contributed by atoms with Crippen LogP contribution in [0.1, 0.15) is 24.2 Å². The lowest BCUT2D eigenvalue weighted by Gasteiger charge is -2.22. The molecule has 2 heterocycles. The summed E-state index contributed by atoms with van der Waals surface area (Å²) < 4.78 is 11.1. The summed E-state index contributed by atoms with van der Waals surface area (Å²) >= 11 is 0. The van der Waals surface area contributed by atoms with Crippen molar-refractivity contribution in [3.8, 4) is 5.75 Å². The molecule has 0 saturated heterocycles. The summed E-state index contributed by atoms with van der Waals surface area (Å²) in [5, 5.41) is 6.78. The number of aliphatic imine (C=N–C) groups is 1. The van der Waals surface area contributed by atoms with Crippen LogP contribution in [0.5, 0.6) is 5.75 Å². The number of para-hydroxylation sites is 1. The number of furan rings is 1. The van der Waals surface area contributed by atoms with Crippen molar-refractivity contribution in [1.82, 2.24) is 10.6 Å². The van der Waals surface area contributed by atoms with Gasteiger partial charge in [-0.3, -0.25) is 4.99 Å². The van der Waals surface area contributed by atoms with Crippen molar-refractivity contribution in [2.24, 2.45) is 4.99 Å². The highest BCUT2D eigenvalue weighted by molar-refractivity contribution is 5.80. The van der Waals surface area contributed by atoms with Gasteiger partial charge >= 0.3 is 0 Å². The summed E-state index contributed by atoms with van der Waals surface area (Å²) in [4.78, 5) is 4.30. The number of nitrogens with zero attached hydrogens (tertiary/aromatic N) is 1. The molecule has 122 valence electrons. The van der Waals surface area contributed by atoms with E-state index in [9.17, 15) is 0 Å². The molecule has 0 spiro atoms. The van der Waals surface area contributed by atoms with E-state index in [1.54, 1.807) is 13.3 Å². The van der Waals surface area contributed by atoms with Crippen molar-refractivity contribution in [2.45, 2.75) is 25.3 Å². The molecule has 1 aliphatic heterocycles. The molecule has 0 radical (unpaired) electrons. The molecular formula is C18H23N3O2. The fraction of sp³-hybridized carbons (Fsp3) is 0.389. The van der Waals surface area contributed by atoms with E-state index in [2.05, 4.69) is 34.7 Å². The Morgan fingerprint density at radius 1 is 1.30 bits per heavy atom. The van der Waals surface area contributed by atoms with E-state index in [0.717, 1.165) is 30.4 Å². The first-order valence-electron chi connectivity index (χ1n) is 7.99. The minimum absolute atomic E-state index is 0.230. The maximum Gasteiger partial charge on any atom is 0.191 e. The van der Waals surface area contributed by atoms with Gasteiger partial charge in [0.15, 0.2) is 5.96 Å². The van der Waals surface area contributed by atoms with Crippen LogP contribution < -0.4 is 15.4 Å². The molecule has 2 aromatic rings. The highest BCUT2D eigenvalue weighted by Gasteiger charge is 2.29. The van der Waals surface area contributed by atoms with Gasteiger partial charge in [-0.25, -0.2) is 0 Å². The summed E-state index contributed by atoms with van der Waals surface area (Å²) in [6.07, 6.45) is 2.53. The van der Waals surface area contributed by atoms with Crippen molar-refractivity contribution in [2.75, 3.05) is 20.2 Å². The van der Waals surface area contributed by atoms with Crippen molar-refractivity contribution in [3.63, 3.8) is 0 Å². The average molecular weight is 313 g/mol. The third-order valence-electron chi connectivity index (χ3n) is 4.17. The van der Waals surface area contributed by atoms with Crippen molar-refractivity contribution in [1.29, 1.82) is 0 Å². The summed E-state index contributed by atoms with van der Waals surface area (Å²) in [6, 6.07) is 12.3. The Kier molecular flexibility index (Phi) is 4.86. The Labute approximate surface area is 136 Å². The Bertz CT molecular complexity index is 652. The number of ether oxygens (including phenoxy) is 1. The Morgan fingerprint density at radius 2 is 2.17 bits per heavy atom. The second-order valence-electron chi connectivity index (χ2n) is 5.72. The fourth-order valence-electron chi connectivity index (χ4n) is 2.87. The smallest absolute Gasteiger partial charge is 0.191 e. The van der Waals surface area contributed by atoms with Crippen LogP contribution in [0.3, 0.4) is 0 Å². The van der Waals surface area contributed by atoms with Crippen LogP contribution in [0.4, 0.5) is 0 Å². The quantitative estimate of drug-likeness (QED) is 0.658. The second kappa shape index (κ2) is 7.22. The maximum absolute atomic E-state index is 5.76. The molecule has 1 aromatic heterocycles. The first kappa shape index (κ1) is 15.5. The zero-order chi connectivity index (χ0) is 16.1. The van der Waals surface area contributed by atoms with Gasteiger partial charge in [0.25, 0.3) is 0 Å².